The summed E-state index contributed by atoms with van der Waals surface area (Å²) in [4.78, 5) is 0. The highest BCUT2D eigenvalue weighted by Crippen LogP contribution is 2.31. The summed E-state index contributed by atoms with van der Waals surface area (Å²) in [6, 6.07) is 3.38. The summed E-state index contributed by atoms with van der Waals surface area (Å²) >= 11 is 0. The van der Waals surface area contributed by atoms with Crippen LogP contribution in [0.5, 0.6) is 5.75 Å². The second-order valence-electron chi connectivity index (χ2n) is 4.23. The van der Waals surface area contributed by atoms with Crippen LogP contribution < -0.4 is 10.1 Å². The topological polar surface area (TPSA) is 21.3 Å². The molecule has 1 aromatic carbocycles. The molecule has 1 unspecified atom stereocenters. The first-order valence-corrected chi connectivity index (χ1v) is 5.93. The van der Waals surface area contributed by atoms with Crippen molar-refractivity contribution >= 4 is 5.69 Å². The third kappa shape index (κ3) is 2.13. The van der Waals surface area contributed by atoms with E-state index < -0.39 is 0 Å². The fraction of sp³-hybridized carbons (Fsp3) is 0.538. The van der Waals surface area contributed by atoms with Crippen molar-refractivity contribution in [3.05, 3.63) is 23.5 Å². The monoisotopic (exact) mass is 223 g/mol. The van der Waals surface area contributed by atoms with Gasteiger partial charge in [-0.1, -0.05) is 13.3 Å². The van der Waals surface area contributed by atoms with Crippen LogP contribution in [-0.2, 0) is 6.42 Å². The highest BCUT2D eigenvalue weighted by molar-refractivity contribution is 5.56. The van der Waals surface area contributed by atoms with Crippen molar-refractivity contribution in [1.82, 2.24) is 0 Å². The fourth-order valence-electron chi connectivity index (χ4n) is 2.12. The average Bonchev–Trinajstić information content (AvgIpc) is 2.30. The Morgan fingerprint density at radius 3 is 2.94 bits per heavy atom. The molecule has 0 aliphatic carbocycles. The van der Waals surface area contributed by atoms with Gasteiger partial charge < -0.3 is 10.1 Å². The number of hydrogen-bond acceptors (Lipinski definition) is 2. The maximum absolute atomic E-state index is 13.6. The second-order valence-corrected chi connectivity index (χ2v) is 4.23. The Balaban J connectivity index is 2.28. The molecule has 0 fully saturated rings. The zero-order chi connectivity index (χ0) is 11.5. The molecule has 1 heterocycles. The number of ether oxygens (including phenoxy) is 1. The minimum Gasteiger partial charge on any atom is -0.491 e. The molecule has 3 heteroatoms. The van der Waals surface area contributed by atoms with Crippen LogP contribution in [0, 0.1) is 11.7 Å². The number of nitrogens with one attached hydrogen (secondary N) is 1. The van der Waals surface area contributed by atoms with Crippen molar-refractivity contribution in [2.24, 2.45) is 5.92 Å². The van der Waals surface area contributed by atoms with Crippen molar-refractivity contribution in [2.45, 2.75) is 26.7 Å². The summed E-state index contributed by atoms with van der Waals surface area (Å²) in [6.07, 6.45) is 2.16. The molecule has 2 rings (SSSR count). The number of anilines is 1. The number of fused-ring (bicyclic) bond motifs is 1. The van der Waals surface area contributed by atoms with Crippen LogP contribution in [-0.4, -0.2) is 13.2 Å². The van der Waals surface area contributed by atoms with Crippen molar-refractivity contribution in [2.75, 3.05) is 18.5 Å². The molecule has 1 aliphatic rings. The summed E-state index contributed by atoms with van der Waals surface area (Å²) < 4.78 is 18.8. The van der Waals surface area contributed by atoms with Gasteiger partial charge in [-0.15, -0.1) is 0 Å². The fourth-order valence-corrected chi connectivity index (χ4v) is 2.12. The van der Waals surface area contributed by atoms with Crippen molar-refractivity contribution in [1.29, 1.82) is 0 Å². The van der Waals surface area contributed by atoms with E-state index in [1.807, 2.05) is 13.0 Å². The first-order valence-electron chi connectivity index (χ1n) is 5.93. The Morgan fingerprint density at radius 1 is 1.44 bits per heavy atom. The van der Waals surface area contributed by atoms with Crippen LogP contribution in [0.1, 0.15) is 25.8 Å². The zero-order valence-electron chi connectivity index (χ0n) is 9.85. The van der Waals surface area contributed by atoms with Gasteiger partial charge in [0.25, 0.3) is 0 Å². The van der Waals surface area contributed by atoms with Gasteiger partial charge in [0.1, 0.15) is 0 Å². The van der Waals surface area contributed by atoms with E-state index in [0.29, 0.717) is 18.3 Å². The van der Waals surface area contributed by atoms with E-state index in [9.17, 15) is 4.39 Å². The van der Waals surface area contributed by atoms with Crippen LogP contribution in [0.25, 0.3) is 0 Å². The predicted octanol–water partition coefficient (Wildman–Crippen LogP) is 3.22. The van der Waals surface area contributed by atoms with Crippen LogP contribution in [0.4, 0.5) is 10.1 Å². The molecule has 0 radical (unpaired) electrons. The molecule has 0 amide bonds. The van der Waals surface area contributed by atoms with Crippen LogP contribution in [0.3, 0.4) is 0 Å². The molecule has 1 N–H and O–H groups in total. The van der Waals surface area contributed by atoms with E-state index in [-0.39, 0.29) is 5.82 Å². The normalized spacial score (nSPS) is 18.8. The number of rotatable bonds is 3. The Labute approximate surface area is 95.8 Å². The summed E-state index contributed by atoms with van der Waals surface area (Å²) in [5, 5.41) is 3.28. The molecule has 1 aliphatic heterocycles. The highest BCUT2D eigenvalue weighted by Gasteiger charge is 2.19. The summed E-state index contributed by atoms with van der Waals surface area (Å²) in [5.74, 6) is 0.746. The van der Waals surface area contributed by atoms with E-state index in [4.69, 9.17) is 4.74 Å². The molecular formula is C13H18FNO. The predicted molar refractivity (Wildman–Crippen MR) is 63.5 cm³/mol. The lowest BCUT2D eigenvalue weighted by atomic mass is 9.92. The van der Waals surface area contributed by atoms with Crippen molar-refractivity contribution in [3.8, 4) is 5.75 Å². The Bertz CT molecular complexity index is 378. The Hall–Kier alpha value is -1.25. The van der Waals surface area contributed by atoms with Gasteiger partial charge in [-0.3, -0.25) is 0 Å². The largest absolute Gasteiger partial charge is 0.491 e. The molecule has 16 heavy (non-hydrogen) atoms. The van der Waals surface area contributed by atoms with Crippen LogP contribution in [0.15, 0.2) is 12.1 Å². The second kappa shape index (κ2) is 4.73. The maximum Gasteiger partial charge on any atom is 0.167 e. The number of benzene rings is 1. The Kier molecular flexibility index (Phi) is 3.32. The van der Waals surface area contributed by atoms with Gasteiger partial charge in [0.15, 0.2) is 11.6 Å². The number of halogens is 1. The van der Waals surface area contributed by atoms with Gasteiger partial charge in [0.2, 0.25) is 0 Å². The van der Waals surface area contributed by atoms with Gasteiger partial charge in [-0.25, -0.2) is 4.39 Å². The SMILES string of the molecule is CCOc1cc2c(cc1F)NCC(CC)C2. The third-order valence-corrected chi connectivity index (χ3v) is 3.12. The van der Waals surface area contributed by atoms with E-state index >= 15 is 0 Å². The quantitative estimate of drug-likeness (QED) is 0.849. The van der Waals surface area contributed by atoms with Gasteiger partial charge in [0.05, 0.1) is 6.61 Å². The lowest BCUT2D eigenvalue weighted by molar-refractivity contribution is 0.320. The smallest absolute Gasteiger partial charge is 0.167 e. The molecule has 88 valence electrons. The molecule has 0 saturated carbocycles. The highest BCUT2D eigenvalue weighted by atomic mass is 19.1. The molecule has 0 saturated heterocycles. The van der Waals surface area contributed by atoms with E-state index in [1.165, 1.54) is 5.56 Å². The molecular weight excluding hydrogens is 205 g/mol. The van der Waals surface area contributed by atoms with Crippen LogP contribution >= 0.6 is 0 Å². The van der Waals surface area contributed by atoms with E-state index in [0.717, 1.165) is 25.1 Å². The lowest BCUT2D eigenvalue weighted by Gasteiger charge is -2.25. The minimum atomic E-state index is -0.275. The van der Waals surface area contributed by atoms with Gasteiger partial charge in [-0.05, 0) is 30.9 Å². The summed E-state index contributed by atoms with van der Waals surface area (Å²) in [5.41, 5.74) is 2.09. The van der Waals surface area contributed by atoms with Gasteiger partial charge >= 0.3 is 0 Å². The van der Waals surface area contributed by atoms with Gasteiger partial charge in [-0.2, -0.15) is 0 Å². The third-order valence-electron chi connectivity index (χ3n) is 3.12. The number of hydrogen-bond donors (Lipinski definition) is 1. The zero-order valence-corrected chi connectivity index (χ0v) is 9.85. The Morgan fingerprint density at radius 2 is 2.25 bits per heavy atom. The van der Waals surface area contributed by atoms with E-state index in [1.54, 1.807) is 6.07 Å². The molecule has 2 nitrogen and oxygen atoms in total. The standard InChI is InChI=1S/C13H18FNO/c1-3-9-5-10-6-13(16-4-2)11(14)7-12(10)15-8-9/h6-7,9,15H,3-5,8H2,1-2H3. The van der Waals surface area contributed by atoms with Crippen molar-refractivity contribution < 1.29 is 9.13 Å². The molecule has 1 atom stereocenters. The van der Waals surface area contributed by atoms with E-state index in [2.05, 4.69) is 12.2 Å². The molecule has 0 aromatic heterocycles. The lowest BCUT2D eigenvalue weighted by Crippen LogP contribution is -2.22. The first-order chi connectivity index (χ1) is 7.74. The maximum atomic E-state index is 13.6. The average molecular weight is 223 g/mol. The summed E-state index contributed by atoms with van der Waals surface area (Å²) in [7, 11) is 0. The molecule has 0 bridgehead atoms. The minimum absolute atomic E-state index is 0.275. The van der Waals surface area contributed by atoms with Crippen LogP contribution in [0.2, 0.25) is 0 Å². The first kappa shape index (κ1) is 11.2. The molecule has 1 aromatic rings. The van der Waals surface area contributed by atoms with Crippen molar-refractivity contribution in [3.63, 3.8) is 0 Å². The summed E-state index contributed by atoms with van der Waals surface area (Å²) in [6.45, 7) is 5.49. The molecule has 0 spiro atoms. The van der Waals surface area contributed by atoms with Gasteiger partial charge in [0, 0.05) is 18.3 Å².